The molecule has 0 unspecified atom stereocenters. The molecule has 70 valence electrons. The molecular formula is C8H8ClNO3. The lowest BCUT2D eigenvalue weighted by Crippen LogP contribution is -2.07. The van der Waals surface area contributed by atoms with Gasteiger partial charge >= 0.3 is 6.16 Å². The van der Waals surface area contributed by atoms with Crippen LogP contribution < -0.4 is 4.74 Å². The molecule has 0 fully saturated rings. The summed E-state index contributed by atoms with van der Waals surface area (Å²) in [6, 6.07) is 3.12. The lowest BCUT2D eigenvalue weighted by atomic mass is 10.3. The molecule has 0 spiro atoms. The smallest absolute Gasteiger partial charge is 0.437 e. The van der Waals surface area contributed by atoms with Crippen molar-refractivity contribution >= 4 is 17.8 Å². The molecule has 13 heavy (non-hydrogen) atoms. The molecule has 1 heterocycles. The van der Waals surface area contributed by atoms with Gasteiger partial charge in [-0.15, -0.1) is 11.6 Å². The zero-order valence-electron chi connectivity index (χ0n) is 6.99. The normalized spacial score (nSPS) is 9.38. The van der Waals surface area contributed by atoms with E-state index in [4.69, 9.17) is 16.3 Å². The van der Waals surface area contributed by atoms with Crippen LogP contribution in [-0.2, 0) is 10.6 Å². The molecule has 0 aliphatic heterocycles. The summed E-state index contributed by atoms with van der Waals surface area (Å²) in [5.74, 6) is 0.649. The highest BCUT2D eigenvalue weighted by Crippen LogP contribution is 2.12. The van der Waals surface area contributed by atoms with Gasteiger partial charge in [-0.2, -0.15) is 0 Å². The Kier molecular flexibility index (Phi) is 3.52. The average Bonchev–Trinajstić information content (AvgIpc) is 2.18. The summed E-state index contributed by atoms with van der Waals surface area (Å²) in [6.07, 6.45) is 0.752. The fraction of sp³-hybridized carbons (Fsp3) is 0.250. The molecule has 0 aromatic carbocycles. The Bertz CT molecular complexity index is 303. The van der Waals surface area contributed by atoms with Gasteiger partial charge in [0.1, 0.15) is 5.75 Å². The number of rotatable bonds is 2. The highest BCUT2D eigenvalue weighted by molar-refractivity contribution is 6.16. The summed E-state index contributed by atoms with van der Waals surface area (Å²) < 4.78 is 9.06. The number of carbonyl (C=O) groups excluding carboxylic acids is 1. The van der Waals surface area contributed by atoms with Gasteiger partial charge in [0.15, 0.2) is 0 Å². The molecule has 0 atom stereocenters. The zero-order valence-corrected chi connectivity index (χ0v) is 7.75. The van der Waals surface area contributed by atoms with Crippen molar-refractivity contribution in [2.24, 2.45) is 0 Å². The largest absolute Gasteiger partial charge is 0.513 e. The van der Waals surface area contributed by atoms with E-state index in [-0.39, 0.29) is 5.88 Å². The molecule has 0 saturated carbocycles. The fourth-order valence-electron chi connectivity index (χ4n) is 0.731. The van der Waals surface area contributed by atoms with Crippen LogP contribution in [0.4, 0.5) is 4.79 Å². The summed E-state index contributed by atoms with van der Waals surface area (Å²) in [5.41, 5.74) is 0.642. The third kappa shape index (κ3) is 2.91. The van der Waals surface area contributed by atoms with E-state index in [0.717, 1.165) is 0 Å². The summed E-state index contributed by atoms with van der Waals surface area (Å²) in [5, 5.41) is 0. The van der Waals surface area contributed by atoms with Crippen LogP contribution in [0.25, 0.3) is 0 Å². The first kappa shape index (κ1) is 9.80. The molecular weight excluding hydrogens is 194 g/mol. The second-order valence-corrected chi connectivity index (χ2v) is 2.44. The number of ether oxygens (including phenoxy) is 2. The Morgan fingerprint density at radius 2 is 2.46 bits per heavy atom. The molecule has 4 nitrogen and oxygen atoms in total. The van der Waals surface area contributed by atoms with Crippen molar-refractivity contribution in [3.63, 3.8) is 0 Å². The second kappa shape index (κ2) is 4.67. The van der Waals surface area contributed by atoms with Crippen LogP contribution in [0.15, 0.2) is 18.3 Å². The van der Waals surface area contributed by atoms with Gasteiger partial charge in [0.25, 0.3) is 0 Å². The number of methoxy groups -OCH3 is 1. The van der Waals surface area contributed by atoms with Crippen LogP contribution in [-0.4, -0.2) is 18.2 Å². The number of aromatic nitrogens is 1. The lowest BCUT2D eigenvalue weighted by molar-refractivity contribution is 0.121. The average molecular weight is 202 g/mol. The van der Waals surface area contributed by atoms with Crippen molar-refractivity contribution in [2.45, 2.75) is 5.88 Å². The number of hydrogen-bond acceptors (Lipinski definition) is 4. The molecule has 1 aromatic heterocycles. The molecule has 1 aromatic rings. The van der Waals surface area contributed by atoms with Gasteiger partial charge in [0.05, 0.1) is 18.7 Å². The van der Waals surface area contributed by atoms with E-state index in [9.17, 15) is 4.79 Å². The van der Waals surface area contributed by atoms with Gasteiger partial charge in [-0.05, 0) is 6.07 Å². The number of alkyl halides is 1. The highest BCUT2D eigenvalue weighted by atomic mass is 35.5. The van der Waals surface area contributed by atoms with Gasteiger partial charge in [0.2, 0.25) is 0 Å². The van der Waals surface area contributed by atoms with Crippen molar-refractivity contribution in [3.8, 4) is 5.75 Å². The van der Waals surface area contributed by atoms with Gasteiger partial charge in [-0.1, -0.05) is 0 Å². The SMILES string of the molecule is COC(=O)Oc1ccnc(CCl)c1. The van der Waals surface area contributed by atoms with E-state index in [1.54, 1.807) is 12.1 Å². The standard InChI is InChI=1S/C8H8ClNO3/c1-12-8(11)13-7-2-3-10-6(4-7)5-9/h2-4H,5H2,1H3. The molecule has 1 rings (SSSR count). The van der Waals surface area contributed by atoms with Gasteiger partial charge in [0, 0.05) is 12.3 Å². The molecule has 0 radical (unpaired) electrons. The maximum Gasteiger partial charge on any atom is 0.513 e. The maximum absolute atomic E-state index is 10.7. The predicted molar refractivity (Wildman–Crippen MR) is 46.8 cm³/mol. The summed E-state index contributed by atoms with van der Waals surface area (Å²) in [6.45, 7) is 0. The molecule has 0 N–H and O–H groups in total. The van der Waals surface area contributed by atoms with Crippen LogP contribution >= 0.6 is 11.6 Å². The first-order valence-corrected chi connectivity index (χ1v) is 4.06. The van der Waals surface area contributed by atoms with Gasteiger partial charge in [-0.3, -0.25) is 4.98 Å². The highest BCUT2D eigenvalue weighted by Gasteiger charge is 2.03. The van der Waals surface area contributed by atoms with E-state index in [1.165, 1.54) is 13.3 Å². The Morgan fingerprint density at radius 3 is 3.08 bits per heavy atom. The summed E-state index contributed by atoms with van der Waals surface area (Å²) >= 11 is 5.54. The van der Waals surface area contributed by atoms with Crippen LogP contribution in [0.2, 0.25) is 0 Å². The van der Waals surface area contributed by atoms with Crippen LogP contribution in [0.3, 0.4) is 0 Å². The van der Waals surface area contributed by atoms with Crippen LogP contribution in [0, 0.1) is 0 Å². The molecule has 0 amide bonds. The number of pyridine rings is 1. The minimum absolute atomic E-state index is 0.276. The number of carbonyl (C=O) groups is 1. The van der Waals surface area contributed by atoms with Gasteiger partial charge in [-0.25, -0.2) is 4.79 Å². The lowest BCUT2D eigenvalue weighted by Gasteiger charge is -2.02. The van der Waals surface area contributed by atoms with Crippen molar-refractivity contribution in [1.82, 2.24) is 4.98 Å². The Labute approximate surface area is 80.4 Å². The minimum Gasteiger partial charge on any atom is -0.437 e. The van der Waals surface area contributed by atoms with E-state index in [1.807, 2.05) is 0 Å². The molecule has 0 saturated heterocycles. The van der Waals surface area contributed by atoms with Crippen LogP contribution in [0.1, 0.15) is 5.69 Å². The van der Waals surface area contributed by atoms with Crippen molar-refractivity contribution in [2.75, 3.05) is 7.11 Å². The molecule has 0 aliphatic rings. The fourth-order valence-corrected chi connectivity index (χ4v) is 0.877. The summed E-state index contributed by atoms with van der Waals surface area (Å²) in [4.78, 5) is 14.6. The maximum atomic E-state index is 10.7. The number of nitrogens with zero attached hydrogens (tertiary/aromatic N) is 1. The number of halogens is 1. The monoisotopic (exact) mass is 201 g/mol. The van der Waals surface area contributed by atoms with Gasteiger partial charge < -0.3 is 9.47 Å². The van der Waals surface area contributed by atoms with Crippen molar-refractivity contribution in [1.29, 1.82) is 0 Å². The predicted octanol–water partition coefficient (Wildman–Crippen LogP) is 1.97. The zero-order chi connectivity index (χ0) is 9.68. The molecule has 5 heteroatoms. The first-order valence-electron chi connectivity index (χ1n) is 3.53. The van der Waals surface area contributed by atoms with Crippen molar-refractivity contribution < 1.29 is 14.3 Å². The Hall–Kier alpha value is -1.29. The van der Waals surface area contributed by atoms with Crippen LogP contribution in [0.5, 0.6) is 5.75 Å². The first-order chi connectivity index (χ1) is 6.26. The van der Waals surface area contributed by atoms with Crippen molar-refractivity contribution in [3.05, 3.63) is 24.0 Å². The summed E-state index contributed by atoms with van der Waals surface area (Å²) in [7, 11) is 1.24. The van der Waals surface area contributed by atoms with E-state index >= 15 is 0 Å². The second-order valence-electron chi connectivity index (χ2n) is 2.17. The Balaban J connectivity index is 2.71. The van der Waals surface area contributed by atoms with E-state index in [0.29, 0.717) is 11.4 Å². The third-order valence-corrected chi connectivity index (χ3v) is 1.57. The number of hydrogen-bond donors (Lipinski definition) is 0. The Morgan fingerprint density at radius 1 is 1.69 bits per heavy atom. The topological polar surface area (TPSA) is 48.4 Å². The molecule has 0 aliphatic carbocycles. The molecule has 0 bridgehead atoms. The third-order valence-electron chi connectivity index (χ3n) is 1.29. The quantitative estimate of drug-likeness (QED) is 0.542. The van der Waals surface area contributed by atoms with E-state index in [2.05, 4.69) is 9.72 Å². The minimum atomic E-state index is -0.758. The van der Waals surface area contributed by atoms with E-state index < -0.39 is 6.16 Å².